The largest absolute Gasteiger partial charge is 0.384 e. The number of rotatable bonds is 6. The summed E-state index contributed by atoms with van der Waals surface area (Å²) in [5.74, 6) is 0.811. The molecule has 1 aromatic carbocycles. The monoisotopic (exact) mass is 312 g/mol. The number of nitrogens with zero attached hydrogens (tertiary/aromatic N) is 3. The van der Waals surface area contributed by atoms with Crippen molar-refractivity contribution in [2.75, 3.05) is 11.9 Å². The SMILES string of the molecule is Cc1cc(NCCCCn2ccnc2C)c2cc(F)ccc2n1. The molecule has 0 fully saturated rings. The Bertz CT molecular complexity index is 810. The van der Waals surface area contributed by atoms with Gasteiger partial charge in [-0.25, -0.2) is 9.37 Å². The zero-order chi connectivity index (χ0) is 16.2. The van der Waals surface area contributed by atoms with Crippen LogP contribution in [0.25, 0.3) is 10.9 Å². The number of pyridine rings is 1. The summed E-state index contributed by atoms with van der Waals surface area (Å²) in [5, 5.41) is 4.25. The second-order valence-electron chi connectivity index (χ2n) is 5.77. The molecule has 0 aliphatic rings. The highest BCUT2D eigenvalue weighted by Gasteiger charge is 2.05. The lowest BCUT2D eigenvalue weighted by Gasteiger charge is -2.11. The van der Waals surface area contributed by atoms with E-state index >= 15 is 0 Å². The molecule has 120 valence electrons. The van der Waals surface area contributed by atoms with Crippen molar-refractivity contribution < 1.29 is 4.39 Å². The lowest BCUT2D eigenvalue weighted by Crippen LogP contribution is -2.06. The lowest BCUT2D eigenvalue weighted by molar-refractivity contribution is 0.607. The Morgan fingerprint density at radius 1 is 1.17 bits per heavy atom. The minimum atomic E-state index is -0.234. The number of hydrogen-bond donors (Lipinski definition) is 1. The molecule has 0 radical (unpaired) electrons. The molecule has 23 heavy (non-hydrogen) atoms. The lowest BCUT2D eigenvalue weighted by atomic mass is 10.1. The quantitative estimate of drug-likeness (QED) is 0.697. The number of benzene rings is 1. The third-order valence-corrected chi connectivity index (χ3v) is 3.96. The van der Waals surface area contributed by atoms with Crippen LogP contribution < -0.4 is 5.32 Å². The number of nitrogens with one attached hydrogen (secondary N) is 1. The van der Waals surface area contributed by atoms with Gasteiger partial charge in [-0.15, -0.1) is 0 Å². The van der Waals surface area contributed by atoms with Crippen molar-refractivity contribution in [1.29, 1.82) is 0 Å². The molecule has 1 N–H and O–H groups in total. The second kappa shape index (κ2) is 6.77. The van der Waals surface area contributed by atoms with E-state index in [-0.39, 0.29) is 5.82 Å². The number of halogens is 1. The van der Waals surface area contributed by atoms with Gasteiger partial charge in [0.25, 0.3) is 0 Å². The molecule has 0 spiro atoms. The van der Waals surface area contributed by atoms with Crippen molar-refractivity contribution >= 4 is 16.6 Å². The van der Waals surface area contributed by atoms with E-state index in [1.165, 1.54) is 6.07 Å². The molecule has 4 nitrogen and oxygen atoms in total. The first-order chi connectivity index (χ1) is 11.1. The Morgan fingerprint density at radius 2 is 2.04 bits per heavy atom. The smallest absolute Gasteiger partial charge is 0.124 e. The highest BCUT2D eigenvalue weighted by Crippen LogP contribution is 2.24. The summed E-state index contributed by atoms with van der Waals surface area (Å²) in [5.41, 5.74) is 2.70. The van der Waals surface area contributed by atoms with E-state index in [1.807, 2.05) is 32.3 Å². The van der Waals surface area contributed by atoms with Crippen molar-refractivity contribution in [3.05, 3.63) is 54.0 Å². The zero-order valence-electron chi connectivity index (χ0n) is 13.5. The molecule has 0 atom stereocenters. The Kier molecular flexibility index (Phi) is 4.55. The molecule has 3 rings (SSSR count). The van der Waals surface area contributed by atoms with Crippen molar-refractivity contribution in [2.24, 2.45) is 0 Å². The maximum absolute atomic E-state index is 13.5. The molecule has 0 saturated heterocycles. The summed E-state index contributed by atoms with van der Waals surface area (Å²) >= 11 is 0. The van der Waals surface area contributed by atoms with Crippen LogP contribution in [0.5, 0.6) is 0 Å². The van der Waals surface area contributed by atoms with Gasteiger partial charge in [0.15, 0.2) is 0 Å². The molecule has 0 aliphatic heterocycles. The van der Waals surface area contributed by atoms with Crippen LogP contribution in [0.15, 0.2) is 36.7 Å². The Hall–Kier alpha value is -2.43. The van der Waals surface area contributed by atoms with E-state index in [2.05, 4.69) is 19.9 Å². The normalized spacial score (nSPS) is 11.1. The van der Waals surface area contributed by atoms with Gasteiger partial charge >= 0.3 is 0 Å². The van der Waals surface area contributed by atoms with Crippen LogP contribution in [-0.2, 0) is 6.54 Å². The van der Waals surface area contributed by atoms with Crippen LogP contribution in [0, 0.1) is 19.7 Å². The van der Waals surface area contributed by atoms with Crippen LogP contribution in [0.4, 0.5) is 10.1 Å². The first kappa shape index (κ1) is 15.5. The highest BCUT2D eigenvalue weighted by atomic mass is 19.1. The maximum Gasteiger partial charge on any atom is 0.124 e. The van der Waals surface area contributed by atoms with E-state index in [4.69, 9.17) is 0 Å². The van der Waals surface area contributed by atoms with Gasteiger partial charge in [-0.3, -0.25) is 4.98 Å². The molecule has 0 aliphatic carbocycles. The zero-order valence-corrected chi connectivity index (χ0v) is 13.5. The molecule has 2 aromatic heterocycles. The molecule has 0 amide bonds. The molecule has 0 saturated carbocycles. The van der Waals surface area contributed by atoms with Crippen molar-refractivity contribution in [3.8, 4) is 0 Å². The van der Waals surface area contributed by atoms with E-state index < -0.39 is 0 Å². The van der Waals surface area contributed by atoms with Crippen LogP contribution in [0.1, 0.15) is 24.4 Å². The molecule has 5 heteroatoms. The van der Waals surface area contributed by atoms with Gasteiger partial charge in [0, 0.05) is 42.3 Å². The Morgan fingerprint density at radius 3 is 2.83 bits per heavy atom. The van der Waals surface area contributed by atoms with Gasteiger partial charge in [-0.2, -0.15) is 0 Å². The Balaban J connectivity index is 1.61. The van der Waals surface area contributed by atoms with Crippen molar-refractivity contribution in [1.82, 2.24) is 14.5 Å². The first-order valence-corrected chi connectivity index (χ1v) is 7.92. The van der Waals surface area contributed by atoms with Crippen LogP contribution >= 0.6 is 0 Å². The third kappa shape index (κ3) is 3.67. The van der Waals surface area contributed by atoms with Crippen molar-refractivity contribution in [3.63, 3.8) is 0 Å². The van der Waals surface area contributed by atoms with Gasteiger partial charge in [0.05, 0.1) is 5.52 Å². The summed E-state index contributed by atoms with van der Waals surface area (Å²) in [6, 6.07) is 6.69. The molecule has 2 heterocycles. The number of anilines is 1. The number of unbranched alkanes of at least 4 members (excludes halogenated alkanes) is 1. The molecule has 3 aromatic rings. The van der Waals surface area contributed by atoms with Gasteiger partial charge in [-0.1, -0.05) is 0 Å². The highest BCUT2D eigenvalue weighted by molar-refractivity contribution is 5.91. The Labute approximate surface area is 135 Å². The molecule has 0 bridgehead atoms. The van der Waals surface area contributed by atoms with Gasteiger partial charge in [0.1, 0.15) is 11.6 Å². The van der Waals surface area contributed by atoms with Crippen molar-refractivity contribution in [2.45, 2.75) is 33.2 Å². The first-order valence-electron chi connectivity index (χ1n) is 7.92. The number of hydrogen-bond acceptors (Lipinski definition) is 3. The van der Waals surface area contributed by atoms with E-state index in [9.17, 15) is 4.39 Å². The molecule has 0 unspecified atom stereocenters. The minimum Gasteiger partial charge on any atom is -0.384 e. The predicted molar refractivity (Wildman–Crippen MR) is 91.1 cm³/mol. The average Bonchev–Trinajstić information content (AvgIpc) is 2.92. The fraction of sp³-hybridized carbons (Fsp3) is 0.333. The standard InChI is InChI=1S/C18H21FN4/c1-13-11-18(16-12-15(19)5-6-17(16)22-13)21-7-3-4-9-23-10-8-20-14(23)2/h5-6,8,10-12H,3-4,7,9H2,1-2H3,(H,21,22). The summed E-state index contributed by atoms with van der Waals surface area (Å²) in [6.45, 7) is 5.79. The third-order valence-electron chi connectivity index (χ3n) is 3.96. The number of aromatic nitrogens is 3. The number of fused-ring (bicyclic) bond motifs is 1. The maximum atomic E-state index is 13.5. The van der Waals surface area contributed by atoms with E-state index in [0.29, 0.717) is 0 Å². The average molecular weight is 312 g/mol. The summed E-state index contributed by atoms with van der Waals surface area (Å²) < 4.78 is 15.6. The van der Waals surface area contributed by atoms with Crippen LogP contribution in [0.3, 0.4) is 0 Å². The molecular formula is C18H21FN4. The second-order valence-corrected chi connectivity index (χ2v) is 5.77. The van der Waals surface area contributed by atoms with Gasteiger partial charge in [-0.05, 0) is 51.0 Å². The number of aryl methyl sites for hydroxylation is 3. The summed E-state index contributed by atoms with van der Waals surface area (Å²) in [7, 11) is 0. The topological polar surface area (TPSA) is 42.7 Å². The summed E-state index contributed by atoms with van der Waals surface area (Å²) in [4.78, 5) is 8.67. The fourth-order valence-corrected chi connectivity index (χ4v) is 2.75. The molecular weight excluding hydrogens is 291 g/mol. The minimum absolute atomic E-state index is 0.234. The number of imidazole rings is 1. The fourth-order valence-electron chi connectivity index (χ4n) is 2.75. The van der Waals surface area contributed by atoms with E-state index in [0.717, 1.165) is 54.0 Å². The van der Waals surface area contributed by atoms with Crippen LogP contribution in [0.2, 0.25) is 0 Å². The van der Waals surface area contributed by atoms with Crippen LogP contribution in [-0.4, -0.2) is 21.1 Å². The van der Waals surface area contributed by atoms with E-state index in [1.54, 1.807) is 12.1 Å². The summed E-state index contributed by atoms with van der Waals surface area (Å²) in [6.07, 6.45) is 5.94. The predicted octanol–water partition coefficient (Wildman–Crippen LogP) is 4.08. The van der Waals surface area contributed by atoms with Gasteiger partial charge in [0.2, 0.25) is 0 Å². The van der Waals surface area contributed by atoms with Gasteiger partial charge < -0.3 is 9.88 Å².